The van der Waals surface area contributed by atoms with Crippen molar-refractivity contribution in [2.24, 2.45) is 11.7 Å². The molecule has 0 saturated carbocycles. The molecule has 0 fully saturated rings. The Morgan fingerprint density at radius 1 is 0.941 bits per heavy atom. The molecule has 0 saturated heterocycles. The van der Waals surface area contributed by atoms with Crippen LogP contribution in [-0.4, -0.2) is 62.9 Å². The fourth-order valence-electron chi connectivity index (χ4n) is 3.23. The van der Waals surface area contributed by atoms with Crippen LogP contribution in [0.1, 0.15) is 32.0 Å². The lowest BCUT2D eigenvalue weighted by atomic mass is 10.0. The third kappa shape index (κ3) is 8.00. The van der Waals surface area contributed by atoms with E-state index in [1.807, 2.05) is 6.07 Å². The fourth-order valence-corrected chi connectivity index (χ4v) is 3.23. The number of aliphatic carboxylic acids is 1. The van der Waals surface area contributed by atoms with Gasteiger partial charge in [-0.05, 0) is 18.4 Å². The highest BCUT2D eigenvalue weighted by Crippen LogP contribution is 2.08. The minimum atomic E-state index is -1.23. The summed E-state index contributed by atoms with van der Waals surface area (Å²) in [5.74, 6) is -3.23. The Balaban J connectivity index is 2.21. The Kier molecular flexibility index (Phi) is 9.75. The van der Waals surface area contributed by atoms with Gasteiger partial charge in [0.25, 0.3) is 0 Å². The van der Waals surface area contributed by atoms with Crippen molar-refractivity contribution in [2.75, 3.05) is 0 Å². The summed E-state index contributed by atoms with van der Waals surface area (Å²) < 4.78 is 0. The molecule has 0 aliphatic heterocycles. The number of nitrogens with one attached hydrogen (secondary N) is 4. The smallest absolute Gasteiger partial charge is 0.326 e. The largest absolute Gasteiger partial charge is 0.480 e. The molecule has 1 heterocycles. The predicted octanol–water partition coefficient (Wildman–Crippen LogP) is -0.263. The van der Waals surface area contributed by atoms with Crippen LogP contribution < -0.4 is 21.7 Å². The van der Waals surface area contributed by atoms with E-state index in [0.29, 0.717) is 5.69 Å². The highest BCUT2D eigenvalue weighted by Gasteiger charge is 2.31. The van der Waals surface area contributed by atoms with Gasteiger partial charge in [-0.2, -0.15) is 0 Å². The van der Waals surface area contributed by atoms with Gasteiger partial charge in [-0.15, -0.1) is 0 Å². The molecule has 7 N–H and O–H groups in total. The molecule has 3 amide bonds. The summed E-state index contributed by atoms with van der Waals surface area (Å²) in [7, 11) is 0. The van der Waals surface area contributed by atoms with E-state index in [-0.39, 0.29) is 18.8 Å². The Labute approximate surface area is 197 Å². The molecule has 0 aliphatic carbocycles. The average Bonchev–Trinajstić information content (AvgIpc) is 3.29. The molecule has 1 aromatic carbocycles. The van der Waals surface area contributed by atoms with Crippen molar-refractivity contribution in [3.8, 4) is 0 Å². The molecular weight excluding hydrogens is 440 g/mol. The average molecular weight is 473 g/mol. The second-order valence-electron chi connectivity index (χ2n) is 8.45. The Hall–Kier alpha value is -3.73. The second-order valence-corrected chi connectivity index (χ2v) is 8.45. The number of carboxylic acids is 1. The first kappa shape index (κ1) is 26.5. The number of carboxylic acid groups (broad SMARTS) is 1. The number of aromatic amines is 1. The number of nitrogens with two attached hydrogens (primary N) is 1. The zero-order valence-electron chi connectivity index (χ0n) is 19.4. The number of rotatable bonds is 12. The summed E-state index contributed by atoms with van der Waals surface area (Å²) in [5, 5.41) is 17.4. The monoisotopic (exact) mass is 472 g/mol. The minimum absolute atomic E-state index is 0.00780. The van der Waals surface area contributed by atoms with Crippen molar-refractivity contribution in [1.82, 2.24) is 25.9 Å². The maximum atomic E-state index is 13.1. The lowest BCUT2D eigenvalue weighted by molar-refractivity contribution is -0.142. The van der Waals surface area contributed by atoms with Crippen LogP contribution in [0, 0.1) is 5.92 Å². The van der Waals surface area contributed by atoms with Gasteiger partial charge in [-0.1, -0.05) is 44.2 Å². The third-order valence-corrected chi connectivity index (χ3v) is 5.17. The lowest BCUT2D eigenvalue weighted by Crippen LogP contribution is -2.58. The van der Waals surface area contributed by atoms with Crippen LogP contribution in [-0.2, 0) is 32.0 Å². The molecule has 1 aromatic heterocycles. The van der Waals surface area contributed by atoms with Crippen LogP contribution in [0.2, 0.25) is 0 Å². The van der Waals surface area contributed by atoms with Gasteiger partial charge in [0, 0.05) is 24.7 Å². The molecule has 0 bridgehead atoms. The number of benzene rings is 1. The van der Waals surface area contributed by atoms with E-state index in [9.17, 15) is 24.3 Å². The van der Waals surface area contributed by atoms with Crippen molar-refractivity contribution < 1.29 is 24.3 Å². The predicted molar refractivity (Wildman–Crippen MR) is 124 cm³/mol. The number of amides is 3. The Morgan fingerprint density at radius 2 is 1.59 bits per heavy atom. The van der Waals surface area contributed by atoms with Crippen molar-refractivity contribution in [3.05, 3.63) is 54.1 Å². The number of hydrogen-bond donors (Lipinski definition) is 6. The number of carbonyl (C=O) groups excluding carboxylic acids is 3. The molecular formula is C23H32N6O5. The Bertz CT molecular complexity index is 961. The number of aromatic nitrogens is 2. The first-order valence-corrected chi connectivity index (χ1v) is 11.0. The molecule has 11 nitrogen and oxygen atoms in total. The van der Waals surface area contributed by atoms with E-state index in [0.717, 1.165) is 5.56 Å². The van der Waals surface area contributed by atoms with E-state index in [1.165, 1.54) is 19.4 Å². The van der Waals surface area contributed by atoms with Crippen LogP contribution in [0.5, 0.6) is 0 Å². The summed E-state index contributed by atoms with van der Waals surface area (Å²) in [5.41, 5.74) is 6.91. The molecule has 0 aliphatic rings. The summed E-state index contributed by atoms with van der Waals surface area (Å²) in [6.07, 6.45) is 3.00. The van der Waals surface area contributed by atoms with Gasteiger partial charge in [0.2, 0.25) is 17.7 Å². The van der Waals surface area contributed by atoms with E-state index < -0.39 is 47.9 Å². The van der Waals surface area contributed by atoms with Crippen LogP contribution in [0.4, 0.5) is 0 Å². The summed E-state index contributed by atoms with van der Waals surface area (Å²) in [6.45, 7) is 5.01. The topological polar surface area (TPSA) is 179 Å². The molecule has 0 radical (unpaired) electrons. The minimum Gasteiger partial charge on any atom is -0.480 e. The first-order valence-electron chi connectivity index (χ1n) is 11.0. The second kappa shape index (κ2) is 12.5. The fraction of sp³-hybridized carbons (Fsp3) is 0.435. The summed E-state index contributed by atoms with van der Waals surface area (Å²) >= 11 is 0. The maximum Gasteiger partial charge on any atom is 0.326 e. The number of nitrogens with zero attached hydrogens (tertiary/aromatic N) is 1. The van der Waals surface area contributed by atoms with Gasteiger partial charge in [0.1, 0.15) is 18.1 Å². The van der Waals surface area contributed by atoms with Gasteiger partial charge < -0.3 is 31.8 Å². The highest BCUT2D eigenvalue weighted by molar-refractivity contribution is 5.94. The first-order chi connectivity index (χ1) is 16.1. The standard InChI is InChI=1S/C23H32N6O5/c1-13(2)19(29-20(30)14(3)24)22(32)27-17(9-15-7-5-4-6-8-15)21(31)28-18(23(33)34)10-16-11-25-12-26-16/h4-8,11-14,17-19H,9-10,24H2,1-3H3,(H,25,26)(H,27,32)(H,28,31)(H,29,30)(H,33,34). The van der Waals surface area contributed by atoms with Crippen LogP contribution in [0.25, 0.3) is 0 Å². The van der Waals surface area contributed by atoms with E-state index >= 15 is 0 Å². The molecule has 34 heavy (non-hydrogen) atoms. The molecule has 4 atom stereocenters. The molecule has 0 spiro atoms. The van der Waals surface area contributed by atoms with E-state index in [2.05, 4.69) is 25.9 Å². The number of imidazole rings is 1. The molecule has 2 aromatic rings. The van der Waals surface area contributed by atoms with Gasteiger partial charge in [0.05, 0.1) is 12.4 Å². The molecule has 11 heteroatoms. The number of carbonyl (C=O) groups is 4. The quantitative estimate of drug-likeness (QED) is 0.246. The van der Waals surface area contributed by atoms with Crippen LogP contribution >= 0.6 is 0 Å². The van der Waals surface area contributed by atoms with Gasteiger partial charge in [-0.3, -0.25) is 14.4 Å². The highest BCUT2D eigenvalue weighted by atomic mass is 16.4. The molecule has 4 unspecified atom stereocenters. The van der Waals surface area contributed by atoms with Crippen LogP contribution in [0.15, 0.2) is 42.9 Å². The summed E-state index contributed by atoms with van der Waals surface area (Å²) in [6, 6.07) is 4.96. The zero-order chi connectivity index (χ0) is 25.3. The van der Waals surface area contributed by atoms with E-state index in [4.69, 9.17) is 5.73 Å². The SMILES string of the molecule is CC(N)C(=O)NC(C(=O)NC(Cc1ccccc1)C(=O)NC(Cc1cnc[nH]1)C(=O)O)C(C)C. The van der Waals surface area contributed by atoms with Gasteiger partial charge in [-0.25, -0.2) is 9.78 Å². The number of H-pyrrole nitrogens is 1. The van der Waals surface area contributed by atoms with Crippen molar-refractivity contribution in [2.45, 2.75) is 57.8 Å². The van der Waals surface area contributed by atoms with Gasteiger partial charge >= 0.3 is 5.97 Å². The third-order valence-electron chi connectivity index (χ3n) is 5.17. The summed E-state index contributed by atoms with van der Waals surface area (Å²) in [4.78, 5) is 56.7. The Morgan fingerprint density at radius 3 is 2.12 bits per heavy atom. The van der Waals surface area contributed by atoms with Crippen LogP contribution in [0.3, 0.4) is 0 Å². The maximum absolute atomic E-state index is 13.1. The molecule has 2 rings (SSSR count). The van der Waals surface area contributed by atoms with Crippen molar-refractivity contribution in [1.29, 1.82) is 0 Å². The number of hydrogen-bond acceptors (Lipinski definition) is 6. The van der Waals surface area contributed by atoms with Crippen molar-refractivity contribution in [3.63, 3.8) is 0 Å². The lowest BCUT2D eigenvalue weighted by Gasteiger charge is -2.26. The normalized spacial score (nSPS) is 14.5. The van der Waals surface area contributed by atoms with Crippen molar-refractivity contribution >= 4 is 23.7 Å². The zero-order valence-corrected chi connectivity index (χ0v) is 19.4. The van der Waals surface area contributed by atoms with Gasteiger partial charge in [0.15, 0.2) is 0 Å². The molecule has 184 valence electrons. The van der Waals surface area contributed by atoms with E-state index in [1.54, 1.807) is 38.1 Å².